The Labute approximate surface area is 149 Å². The van der Waals surface area contributed by atoms with Gasteiger partial charge in [-0.05, 0) is 38.5 Å². The Hall–Kier alpha value is -2.05. The third kappa shape index (κ3) is 4.27. The molecule has 0 radical (unpaired) electrons. The summed E-state index contributed by atoms with van der Waals surface area (Å²) < 4.78 is 10.8. The third-order valence-electron chi connectivity index (χ3n) is 2.84. The smallest absolute Gasteiger partial charge is 0.352 e. The van der Waals surface area contributed by atoms with Gasteiger partial charge in [0.05, 0.1) is 4.88 Å². The van der Waals surface area contributed by atoms with E-state index in [0.29, 0.717) is 16.9 Å². The number of aldehydes is 1. The van der Waals surface area contributed by atoms with Crippen molar-refractivity contribution in [3.63, 3.8) is 0 Å². The van der Waals surface area contributed by atoms with E-state index in [-0.39, 0.29) is 22.3 Å². The van der Waals surface area contributed by atoms with Crippen LogP contribution in [-0.4, -0.2) is 24.5 Å². The van der Waals surface area contributed by atoms with Crippen LogP contribution in [0.3, 0.4) is 0 Å². The molecule has 1 heterocycles. The molecular weight excluding hydrogens is 350 g/mol. The first-order valence-electron chi connectivity index (χ1n) is 7.21. The fourth-order valence-corrected chi connectivity index (χ4v) is 3.41. The molecule has 2 N–H and O–H groups in total. The summed E-state index contributed by atoms with van der Waals surface area (Å²) in [7, 11) is 0. The van der Waals surface area contributed by atoms with Crippen molar-refractivity contribution in [2.75, 3.05) is 12.3 Å². The maximum Gasteiger partial charge on any atom is 0.352 e. The number of rotatable bonds is 5. The van der Waals surface area contributed by atoms with E-state index in [1.165, 1.54) is 0 Å². The normalized spacial score (nSPS) is 11.2. The summed E-state index contributed by atoms with van der Waals surface area (Å²) in [6.45, 7) is 5.10. The van der Waals surface area contributed by atoms with Crippen molar-refractivity contribution in [1.82, 2.24) is 0 Å². The molecule has 0 aliphatic carbocycles. The van der Waals surface area contributed by atoms with Crippen LogP contribution in [0.2, 0.25) is 5.02 Å². The predicted octanol–water partition coefficient (Wildman–Crippen LogP) is 4.18. The lowest BCUT2D eigenvalue weighted by molar-refractivity contribution is -0.109. The lowest BCUT2D eigenvalue weighted by Crippen LogP contribution is -2.23. The molecule has 1 aromatic heterocycles. The van der Waals surface area contributed by atoms with E-state index in [2.05, 4.69) is 0 Å². The molecule has 0 aliphatic heterocycles. The molecule has 0 fully saturated rings. The second-order valence-corrected chi connectivity index (χ2v) is 7.41. The molecule has 0 saturated carbocycles. The summed E-state index contributed by atoms with van der Waals surface area (Å²) >= 11 is 7.53. The number of thiophene rings is 1. The van der Waals surface area contributed by atoms with Gasteiger partial charge < -0.3 is 15.2 Å². The van der Waals surface area contributed by atoms with Crippen LogP contribution in [0.1, 0.15) is 30.4 Å². The molecule has 0 unspecified atom stereocenters. The minimum Gasteiger partial charge on any atom is -0.483 e. The van der Waals surface area contributed by atoms with E-state index in [4.69, 9.17) is 26.8 Å². The number of anilines is 1. The Kier molecular flexibility index (Phi) is 5.51. The molecule has 2 rings (SSSR count). The summed E-state index contributed by atoms with van der Waals surface area (Å²) in [6, 6.07) is 7.12. The molecule has 1 aromatic carbocycles. The van der Waals surface area contributed by atoms with Gasteiger partial charge in [-0.15, -0.1) is 11.3 Å². The van der Waals surface area contributed by atoms with Gasteiger partial charge in [-0.2, -0.15) is 0 Å². The Morgan fingerprint density at radius 2 is 2.08 bits per heavy atom. The number of nitrogens with two attached hydrogens (primary N) is 1. The van der Waals surface area contributed by atoms with Gasteiger partial charge in [0, 0.05) is 5.69 Å². The first-order chi connectivity index (χ1) is 11.2. The lowest BCUT2D eigenvalue weighted by Gasteiger charge is -2.19. The highest BCUT2D eigenvalue weighted by atomic mass is 35.5. The van der Waals surface area contributed by atoms with Crippen LogP contribution in [0, 0.1) is 0 Å². The average molecular weight is 368 g/mol. The molecule has 0 saturated heterocycles. The van der Waals surface area contributed by atoms with Crippen LogP contribution >= 0.6 is 22.9 Å². The predicted molar refractivity (Wildman–Crippen MR) is 95.9 cm³/mol. The number of carbonyl (C=O) groups is 2. The summed E-state index contributed by atoms with van der Waals surface area (Å²) in [5.74, 6) is -0.397. The van der Waals surface area contributed by atoms with E-state index in [1.54, 1.807) is 39.0 Å². The molecule has 0 spiro atoms. The highest BCUT2D eigenvalue weighted by molar-refractivity contribution is 7.18. The fraction of sp³-hybridized carbons (Fsp3) is 0.294. The van der Waals surface area contributed by atoms with Crippen molar-refractivity contribution in [3.8, 4) is 16.2 Å². The quantitative estimate of drug-likeness (QED) is 0.487. The number of hydrogen-bond donors (Lipinski definition) is 1. The Morgan fingerprint density at radius 1 is 1.38 bits per heavy atom. The molecule has 128 valence electrons. The summed E-state index contributed by atoms with van der Waals surface area (Å²) in [6.07, 6.45) is 0.590. The lowest BCUT2D eigenvalue weighted by atomic mass is 10.1. The number of halogens is 1. The van der Waals surface area contributed by atoms with E-state index in [9.17, 15) is 9.59 Å². The molecule has 0 aliphatic rings. The molecule has 0 bridgehead atoms. The third-order valence-corrected chi connectivity index (χ3v) is 4.51. The largest absolute Gasteiger partial charge is 0.483 e. The van der Waals surface area contributed by atoms with Gasteiger partial charge in [0.15, 0.2) is 16.9 Å². The Morgan fingerprint density at radius 3 is 2.67 bits per heavy atom. The zero-order chi connectivity index (χ0) is 17.9. The topological polar surface area (TPSA) is 78.6 Å². The van der Waals surface area contributed by atoms with Crippen LogP contribution in [0.25, 0.3) is 10.4 Å². The minimum absolute atomic E-state index is 0.153. The maximum absolute atomic E-state index is 12.4. The van der Waals surface area contributed by atoms with Crippen LogP contribution in [0.5, 0.6) is 5.75 Å². The minimum atomic E-state index is -0.660. The summed E-state index contributed by atoms with van der Waals surface area (Å²) in [5, 5.41) is 0.258. The SMILES string of the molecule is CC(C)(C)OC(=O)c1sc(-c2cccc(N)c2)c(Cl)c1OCC=O. The molecular formula is C17H18ClNO4S. The van der Waals surface area contributed by atoms with Gasteiger partial charge in [0.2, 0.25) is 0 Å². The summed E-state index contributed by atoms with van der Waals surface area (Å²) in [4.78, 5) is 23.9. The zero-order valence-electron chi connectivity index (χ0n) is 13.6. The first-order valence-corrected chi connectivity index (χ1v) is 8.40. The number of carbonyl (C=O) groups excluding carboxylic acids is 2. The second kappa shape index (κ2) is 7.23. The fourth-order valence-electron chi connectivity index (χ4n) is 1.97. The Balaban J connectivity index is 2.51. The number of ether oxygens (including phenoxy) is 2. The van der Waals surface area contributed by atoms with E-state index in [0.717, 1.165) is 16.9 Å². The van der Waals surface area contributed by atoms with E-state index < -0.39 is 11.6 Å². The number of hydrogen-bond acceptors (Lipinski definition) is 6. The van der Waals surface area contributed by atoms with Crippen molar-refractivity contribution in [3.05, 3.63) is 34.2 Å². The molecule has 7 heteroatoms. The molecule has 2 aromatic rings. The monoisotopic (exact) mass is 367 g/mol. The number of benzene rings is 1. The van der Waals surface area contributed by atoms with Gasteiger partial charge in [0.25, 0.3) is 0 Å². The second-order valence-electron chi connectivity index (χ2n) is 6.01. The molecule has 5 nitrogen and oxygen atoms in total. The van der Waals surface area contributed by atoms with Gasteiger partial charge in [0.1, 0.15) is 17.2 Å². The number of nitrogen functional groups attached to an aromatic ring is 1. The number of esters is 1. The van der Waals surface area contributed by atoms with Crippen LogP contribution in [-0.2, 0) is 9.53 Å². The maximum atomic E-state index is 12.4. The summed E-state index contributed by atoms with van der Waals surface area (Å²) in [5.41, 5.74) is 6.48. The van der Waals surface area contributed by atoms with E-state index >= 15 is 0 Å². The van der Waals surface area contributed by atoms with Crippen LogP contribution in [0.15, 0.2) is 24.3 Å². The molecule has 24 heavy (non-hydrogen) atoms. The van der Waals surface area contributed by atoms with Crippen molar-refractivity contribution >= 4 is 40.9 Å². The van der Waals surface area contributed by atoms with Crippen molar-refractivity contribution < 1.29 is 19.1 Å². The van der Waals surface area contributed by atoms with Gasteiger partial charge >= 0.3 is 5.97 Å². The van der Waals surface area contributed by atoms with Crippen molar-refractivity contribution in [2.24, 2.45) is 0 Å². The zero-order valence-corrected chi connectivity index (χ0v) is 15.2. The van der Waals surface area contributed by atoms with Gasteiger partial charge in [-0.25, -0.2) is 4.79 Å². The standard InChI is InChI=1S/C17H18ClNO4S/c1-17(2,3)23-16(21)15-13(22-8-7-20)12(18)14(24-15)10-5-4-6-11(19)9-10/h4-7,9H,8,19H2,1-3H3. The van der Waals surface area contributed by atoms with Gasteiger partial charge in [-0.1, -0.05) is 23.7 Å². The molecule has 0 atom stereocenters. The van der Waals surface area contributed by atoms with Gasteiger partial charge in [-0.3, -0.25) is 4.79 Å². The average Bonchev–Trinajstić information content (AvgIpc) is 2.80. The molecule has 0 amide bonds. The van der Waals surface area contributed by atoms with E-state index in [1.807, 2.05) is 6.07 Å². The van der Waals surface area contributed by atoms with Crippen LogP contribution in [0.4, 0.5) is 5.69 Å². The highest BCUT2D eigenvalue weighted by Gasteiger charge is 2.28. The highest BCUT2D eigenvalue weighted by Crippen LogP contribution is 2.46. The van der Waals surface area contributed by atoms with Crippen molar-refractivity contribution in [1.29, 1.82) is 0 Å². The van der Waals surface area contributed by atoms with Crippen molar-refractivity contribution in [2.45, 2.75) is 26.4 Å². The first kappa shape index (κ1) is 18.3. The Bertz CT molecular complexity index is 764. The van der Waals surface area contributed by atoms with Crippen LogP contribution < -0.4 is 10.5 Å².